The molecule has 7 rings (SSSR count). The molecule has 348 valence electrons. The van der Waals surface area contributed by atoms with E-state index < -0.39 is 0 Å². The number of hydrogen-bond acceptors (Lipinski definition) is 12. The fraction of sp³-hybridized carbons (Fsp3) is 0.167. The quantitative estimate of drug-likeness (QED) is 0.0399. The first-order valence-electron chi connectivity index (χ1n) is 22.5. The number of azo groups is 3. The summed E-state index contributed by atoms with van der Waals surface area (Å²) in [5.41, 5.74) is 5.54. The van der Waals surface area contributed by atoms with Gasteiger partial charge in [-0.05, 0) is 147 Å². The van der Waals surface area contributed by atoms with Crippen LogP contribution in [0.4, 0.5) is 51.2 Å². The van der Waals surface area contributed by atoms with E-state index in [0.29, 0.717) is 90.5 Å². The molecule has 0 aromatic heterocycles. The van der Waals surface area contributed by atoms with Gasteiger partial charge in [-0.3, -0.25) is 14.4 Å². The van der Waals surface area contributed by atoms with Crippen molar-refractivity contribution in [2.75, 3.05) is 35.8 Å². The molecule has 0 heterocycles. The second kappa shape index (κ2) is 26.3. The van der Waals surface area contributed by atoms with Crippen LogP contribution in [0.2, 0.25) is 0 Å². The van der Waals surface area contributed by atoms with E-state index >= 15 is 0 Å². The zero-order chi connectivity index (χ0) is 47.7. The molecular weight excluding hydrogens is 871 g/mol. The van der Waals surface area contributed by atoms with Gasteiger partial charge in [0.15, 0.2) is 0 Å². The van der Waals surface area contributed by atoms with Crippen molar-refractivity contribution in [3.63, 3.8) is 0 Å². The molecule has 0 aliphatic rings. The Labute approximate surface area is 400 Å². The maximum Gasteiger partial charge on any atom is 0.224 e. The molecule has 0 radical (unpaired) electrons. The summed E-state index contributed by atoms with van der Waals surface area (Å²) in [5, 5.41) is 34.1. The van der Waals surface area contributed by atoms with E-state index in [1.165, 1.54) is 0 Å². The Kier molecular flexibility index (Phi) is 18.4. The largest absolute Gasteiger partial charge is 0.494 e. The number of benzene rings is 7. The monoisotopic (exact) mass is 921 g/mol. The third-order valence-electron chi connectivity index (χ3n) is 9.86. The van der Waals surface area contributed by atoms with Crippen LogP contribution in [-0.2, 0) is 14.4 Å². The van der Waals surface area contributed by atoms with Crippen molar-refractivity contribution in [1.82, 2.24) is 0 Å². The summed E-state index contributed by atoms with van der Waals surface area (Å²) >= 11 is 0. The molecule has 0 bridgehead atoms. The van der Waals surface area contributed by atoms with Crippen molar-refractivity contribution in [1.29, 1.82) is 0 Å². The SMILES string of the molecule is O=C(CCCOc1ccc(N=Nc2ccccc2)cc1)Nc1cc(NC(=O)CCCOc2ccc(N=Nc3ccccc3)cc2)cc(NC(=O)CCCOc2ccc(N=Nc3ccccc3)cc2)c1. The predicted octanol–water partition coefficient (Wildman–Crippen LogP) is 14.3. The van der Waals surface area contributed by atoms with Crippen LogP contribution in [0.1, 0.15) is 38.5 Å². The first kappa shape index (κ1) is 48.1. The maximum atomic E-state index is 13.1. The highest BCUT2D eigenvalue weighted by Gasteiger charge is 2.12. The zero-order valence-electron chi connectivity index (χ0n) is 37.8. The van der Waals surface area contributed by atoms with Crippen LogP contribution >= 0.6 is 0 Å². The number of ether oxygens (including phenoxy) is 3. The summed E-state index contributed by atoms with van der Waals surface area (Å²) < 4.78 is 17.6. The van der Waals surface area contributed by atoms with Gasteiger partial charge in [-0.25, -0.2) is 0 Å². The molecule has 15 heteroatoms. The van der Waals surface area contributed by atoms with Gasteiger partial charge < -0.3 is 30.2 Å². The van der Waals surface area contributed by atoms with Crippen LogP contribution in [0.3, 0.4) is 0 Å². The van der Waals surface area contributed by atoms with Crippen LogP contribution in [0.5, 0.6) is 17.2 Å². The highest BCUT2D eigenvalue weighted by Crippen LogP contribution is 2.27. The van der Waals surface area contributed by atoms with Crippen molar-refractivity contribution >= 4 is 68.9 Å². The first-order valence-corrected chi connectivity index (χ1v) is 22.5. The summed E-state index contributed by atoms with van der Waals surface area (Å²) in [6.45, 7) is 0.921. The lowest BCUT2D eigenvalue weighted by molar-refractivity contribution is -0.117. The van der Waals surface area contributed by atoms with Crippen LogP contribution in [0, 0.1) is 0 Å². The second-order valence-electron chi connectivity index (χ2n) is 15.4. The molecule has 0 unspecified atom stereocenters. The molecule has 0 atom stereocenters. The van der Waals surface area contributed by atoms with Gasteiger partial charge in [0.2, 0.25) is 17.7 Å². The number of anilines is 3. The van der Waals surface area contributed by atoms with Gasteiger partial charge in [-0.1, -0.05) is 54.6 Å². The summed E-state index contributed by atoms with van der Waals surface area (Å²) in [5.74, 6) is 1.15. The number of nitrogens with one attached hydrogen (secondary N) is 3. The Morgan fingerprint density at radius 2 is 0.551 bits per heavy atom. The molecule has 0 aliphatic heterocycles. The summed E-state index contributed by atoms with van der Waals surface area (Å²) in [7, 11) is 0. The van der Waals surface area contributed by atoms with Gasteiger partial charge in [0.05, 0.1) is 53.9 Å². The summed E-state index contributed by atoms with van der Waals surface area (Å²) in [6.07, 6.45) is 1.84. The number of hydrogen-bond donors (Lipinski definition) is 3. The van der Waals surface area contributed by atoms with Crippen LogP contribution in [0.25, 0.3) is 0 Å². The number of carbonyl (C=O) groups excluding carboxylic acids is 3. The van der Waals surface area contributed by atoms with E-state index in [4.69, 9.17) is 14.2 Å². The Morgan fingerprint density at radius 1 is 0.319 bits per heavy atom. The molecule has 3 amide bonds. The van der Waals surface area contributed by atoms with Crippen molar-refractivity contribution < 1.29 is 28.6 Å². The molecule has 0 saturated carbocycles. The molecule has 0 fully saturated rings. The van der Waals surface area contributed by atoms with Crippen molar-refractivity contribution in [2.24, 2.45) is 30.7 Å². The minimum Gasteiger partial charge on any atom is -0.494 e. The van der Waals surface area contributed by atoms with Crippen LogP contribution in [0.15, 0.2) is 213 Å². The van der Waals surface area contributed by atoms with Gasteiger partial charge >= 0.3 is 0 Å². The normalized spacial score (nSPS) is 11.1. The molecule has 0 spiro atoms. The molecule has 3 N–H and O–H groups in total. The number of carbonyl (C=O) groups is 3. The summed E-state index contributed by atoms with van der Waals surface area (Å²) in [4.78, 5) is 39.3. The van der Waals surface area contributed by atoms with Gasteiger partial charge in [0.1, 0.15) is 17.2 Å². The standard InChI is InChI=1S/C54H51N9O6/c64-52(19-10-34-67-49-28-22-43(23-29-49)61-58-40-13-4-1-5-14-40)55-46-37-47(56-53(65)20-11-35-68-50-30-24-44(25-31-50)62-59-41-15-6-2-7-16-41)39-48(38-46)57-54(66)21-12-36-69-51-32-26-45(27-33-51)63-60-42-17-8-3-9-18-42/h1-9,13-18,22-33,37-39H,10-12,19-21,34-36H2,(H,55,64)(H,56,65)(H,57,66). The average molecular weight is 922 g/mol. The molecule has 15 nitrogen and oxygen atoms in total. The first-order chi connectivity index (χ1) is 33.9. The minimum atomic E-state index is -0.259. The van der Waals surface area contributed by atoms with Gasteiger partial charge in [0, 0.05) is 36.3 Å². The van der Waals surface area contributed by atoms with Gasteiger partial charge in [0.25, 0.3) is 0 Å². The van der Waals surface area contributed by atoms with E-state index in [2.05, 4.69) is 46.6 Å². The fourth-order valence-corrected chi connectivity index (χ4v) is 6.44. The van der Waals surface area contributed by atoms with E-state index in [9.17, 15) is 14.4 Å². The molecule has 7 aromatic carbocycles. The topological polar surface area (TPSA) is 189 Å². The lowest BCUT2D eigenvalue weighted by Gasteiger charge is -2.14. The Balaban J connectivity index is 0.878. The minimum absolute atomic E-state index is 0.169. The molecule has 69 heavy (non-hydrogen) atoms. The van der Waals surface area contributed by atoms with Crippen LogP contribution in [-0.4, -0.2) is 37.5 Å². The average Bonchev–Trinajstić information content (AvgIpc) is 3.38. The Hall–Kier alpha value is -8.85. The van der Waals surface area contributed by atoms with E-state index in [0.717, 1.165) is 17.1 Å². The molecular formula is C54H51N9O6. The zero-order valence-corrected chi connectivity index (χ0v) is 37.8. The lowest BCUT2D eigenvalue weighted by atomic mass is 10.2. The summed E-state index contributed by atoms with van der Waals surface area (Å²) in [6, 6.07) is 55.0. The van der Waals surface area contributed by atoms with E-state index in [1.807, 2.05) is 127 Å². The third-order valence-corrected chi connectivity index (χ3v) is 9.86. The van der Waals surface area contributed by atoms with E-state index in [-0.39, 0.29) is 37.0 Å². The molecule has 0 aliphatic carbocycles. The van der Waals surface area contributed by atoms with Crippen molar-refractivity contribution in [3.05, 3.63) is 182 Å². The maximum absolute atomic E-state index is 13.1. The Bertz CT molecular complexity index is 2470. The van der Waals surface area contributed by atoms with Crippen molar-refractivity contribution in [3.8, 4) is 17.2 Å². The van der Waals surface area contributed by atoms with Crippen molar-refractivity contribution in [2.45, 2.75) is 38.5 Å². The van der Waals surface area contributed by atoms with Crippen LogP contribution < -0.4 is 30.2 Å². The highest BCUT2D eigenvalue weighted by atomic mass is 16.5. The third kappa shape index (κ3) is 17.5. The highest BCUT2D eigenvalue weighted by molar-refractivity contribution is 5.97. The predicted molar refractivity (Wildman–Crippen MR) is 268 cm³/mol. The smallest absolute Gasteiger partial charge is 0.224 e. The second-order valence-corrected chi connectivity index (χ2v) is 15.4. The number of rotatable bonds is 24. The molecule has 7 aromatic rings. The Morgan fingerprint density at radius 3 is 0.797 bits per heavy atom. The fourth-order valence-electron chi connectivity index (χ4n) is 6.44. The lowest BCUT2D eigenvalue weighted by Crippen LogP contribution is -2.17. The number of nitrogens with zero attached hydrogens (tertiary/aromatic N) is 6. The van der Waals surface area contributed by atoms with E-state index in [1.54, 1.807) is 54.6 Å². The molecule has 0 saturated heterocycles. The number of amides is 3. The van der Waals surface area contributed by atoms with Gasteiger partial charge in [-0.2, -0.15) is 30.7 Å². The van der Waals surface area contributed by atoms with Gasteiger partial charge in [-0.15, -0.1) is 0 Å².